The molecular formula is C12H9ClN2O3S. The first-order valence-electron chi connectivity index (χ1n) is 5.22. The highest BCUT2D eigenvalue weighted by molar-refractivity contribution is 7.12. The van der Waals surface area contributed by atoms with Crippen LogP contribution in [0.3, 0.4) is 0 Å². The van der Waals surface area contributed by atoms with Crippen LogP contribution in [-0.4, -0.2) is 29.3 Å². The van der Waals surface area contributed by atoms with E-state index >= 15 is 0 Å². The quantitative estimate of drug-likeness (QED) is 0.495. The van der Waals surface area contributed by atoms with Crippen molar-refractivity contribution >= 4 is 35.2 Å². The third-order valence-electron chi connectivity index (χ3n) is 2.54. The lowest BCUT2D eigenvalue weighted by atomic mass is 10.0. The van der Waals surface area contributed by atoms with Crippen LogP contribution in [0.2, 0.25) is 5.15 Å². The molecule has 0 aliphatic rings. The van der Waals surface area contributed by atoms with Gasteiger partial charge in [-0.1, -0.05) is 11.6 Å². The minimum Gasteiger partial charge on any atom is -0.465 e. The van der Waals surface area contributed by atoms with E-state index in [1.807, 2.05) is 6.92 Å². The molecule has 0 spiro atoms. The molecule has 0 bridgehead atoms. The summed E-state index contributed by atoms with van der Waals surface area (Å²) in [6.45, 7) is 1.82. The summed E-state index contributed by atoms with van der Waals surface area (Å²) in [7, 11) is 1.30. The predicted octanol–water partition coefficient (Wildman–Crippen LogP) is 2.77. The maximum atomic E-state index is 11.7. The fraction of sp³-hybridized carbons (Fsp3) is 0.167. The Hall–Kier alpha value is -1.79. The largest absolute Gasteiger partial charge is 0.465 e. The molecule has 0 aliphatic heterocycles. The van der Waals surface area contributed by atoms with Crippen molar-refractivity contribution in [1.29, 1.82) is 0 Å². The van der Waals surface area contributed by atoms with Crippen LogP contribution in [0.25, 0.3) is 11.3 Å². The Labute approximate surface area is 118 Å². The number of hydrogen-bond donors (Lipinski definition) is 0. The summed E-state index contributed by atoms with van der Waals surface area (Å²) in [5, 5.41) is 1.85. The minimum atomic E-state index is -0.473. The second-order valence-electron chi connectivity index (χ2n) is 3.66. The fourth-order valence-corrected chi connectivity index (χ4v) is 2.80. The number of carbonyl (C=O) groups excluding carboxylic acids is 2. The molecular weight excluding hydrogens is 288 g/mol. The number of aromatic nitrogens is 2. The molecule has 0 saturated carbocycles. The minimum absolute atomic E-state index is 0.0569. The Morgan fingerprint density at radius 1 is 1.47 bits per heavy atom. The van der Waals surface area contributed by atoms with E-state index < -0.39 is 5.97 Å². The van der Waals surface area contributed by atoms with Crippen molar-refractivity contribution in [2.75, 3.05) is 7.11 Å². The zero-order chi connectivity index (χ0) is 14.0. The molecule has 0 unspecified atom stereocenters. The number of hydrogen-bond acceptors (Lipinski definition) is 6. The van der Waals surface area contributed by atoms with Crippen molar-refractivity contribution in [1.82, 2.24) is 9.97 Å². The number of aldehydes is 1. The van der Waals surface area contributed by atoms with E-state index in [-0.39, 0.29) is 10.7 Å². The Bertz CT molecular complexity index is 654. The maximum Gasteiger partial charge on any atom is 0.348 e. The second kappa shape index (κ2) is 5.46. The molecule has 0 fully saturated rings. The Morgan fingerprint density at radius 2 is 2.21 bits per heavy atom. The van der Waals surface area contributed by atoms with Gasteiger partial charge in [0.2, 0.25) is 0 Å². The predicted molar refractivity (Wildman–Crippen MR) is 71.8 cm³/mol. The lowest BCUT2D eigenvalue weighted by Crippen LogP contribution is -2.03. The number of esters is 1. The van der Waals surface area contributed by atoms with E-state index in [0.29, 0.717) is 22.4 Å². The van der Waals surface area contributed by atoms with Crippen LogP contribution in [-0.2, 0) is 4.74 Å². The van der Waals surface area contributed by atoms with Gasteiger partial charge in [-0.2, -0.15) is 0 Å². The third-order valence-corrected chi connectivity index (χ3v) is 3.91. The zero-order valence-corrected chi connectivity index (χ0v) is 11.7. The van der Waals surface area contributed by atoms with Gasteiger partial charge in [0.15, 0.2) is 6.29 Å². The van der Waals surface area contributed by atoms with Gasteiger partial charge in [-0.15, -0.1) is 11.3 Å². The second-order valence-corrected chi connectivity index (χ2v) is 4.90. The van der Waals surface area contributed by atoms with Crippen LogP contribution in [0, 0.1) is 6.92 Å². The smallest absolute Gasteiger partial charge is 0.348 e. The SMILES string of the molecule is COC(=O)c1scc(C)c1-c1ncnc(Cl)c1C=O. The van der Waals surface area contributed by atoms with Crippen molar-refractivity contribution in [2.45, 2.75) is 6.92 Å². The summed E-state index contributed by atoms with van der Waals surface area (Å²) in [6, 6.07) is 0. The summed E-state index contributed by atoms with van der Waals surface area (Å²) in [5.74, 6) is -0.473. The Kier molecular flexibility index (Phi) is 3.92. The molecule has 5 nitrogen and oxygen atoms in total. The number of carbonyl (C=O) groups is 2. The van der Waals surface area contributed by atoms with E-state index in [9.17, 15) is 9.59 Å². The standard InChI is InChI=1S/C12H9ClN2O3S/c1-6-4-19-10(12(17)18-2)8(6)9-7(3-16)11(13)15-5-14-9/h3-5H,1-2H3. The molecule has 2 aromatic rings. The molecule has 0 N–H and O–H groups in total. The lowest BCUT2D eigenvalue weighted by molar-refractivity contribution is 0.0607. The third kappa shape index (κ3) is 2.36. The van der Waals surface area contributed by atoms with E-state index in [0.717, 1.165) is 5.56 Å². The highest BCUT2D eigenvalue weighted by Crippen LogP contribution is 2.34. The van der Waals surface area contributed by atoms with E-state index in [1.165, 1.54) is 24.8 Å². The average molecular weight is 297 g/mol. The van der Waals surface area contributed by atoms with Gasteiger partial charge in [-0.05, 0) is 17.9 Å². The average Bonchev–Trinajstić information content (AvgIpc) is 2.79. The van der Waals surface area contributed by atoms with Crippen molar-refractivity contribution in [2.24, 2.45) is 0 Å². The van der Waals surface area contributed by atoms with Crippen molar-refractivity contribution < 1.29 is 14.3 Å². The molecule has 98 valence electrons. The van der Waals surface area contributed by atoms with Crippen LogP contribution in [0.5, 0.6) is 0 Å². The summed E-state index contributed by atoms with van der Waals surface area (Å²) >= 11 is 7.10. The van der Waals surface area contributed by atoms with Crippen LogP contribution >= 0.6 is 22.9 Å². The van der Waals surface area contributed by atoms with Gasteiger partial charge in [0.25, 0.3) is 0 Å². The van der Waals surface area contributed by atoms with Crippen LogP contribution < -0.4 is 0 Å². The molecule has 2 heterocycles. The molecule has 0 radical (unpaired) electrons. The number of aryl methyl sites for hydroxylation is 1. The van der Waals surface area contributed by atoms with E-state index in [2.05, 4.69) is 9.97 Å². The molecule has 2 aromatic heterocycles. The van der Waals surface area contributed by atoms with E-state index in [4.69, 9.17) is 16.3 Å². The van der Waals surface area contributed by atoms with Crippen LogP contribution in [0.15, 0.2) is 11.7 Å². The highest BCUT2D eigenvalue weighted by atomic mass is 35.5. The summed E-state index contributed by atoms with van der Waals surface area (Å²) < 4.78 is 4.72. The van der Waals surface area contributed by atoms with Gasteiger partial charge in [0.1, 0.15) is 16.4 Å². The van der Waals surface area contributed by atoms with Crippen LogP contribution in [0.4, 0.5) is 0 Å². The van der Waals surface area contributed by atoms with Crippen molar-refractivity contribution in [3.63, 3.8) is 0 Å². The van der Waals surface area contributed by atoms with Crippen molar-refractivity contribution in [3.05, 3.63) is 32.9 Å². The summed E-state index contributed by atoms with van der Waals surface area (Å²) in [4.78, 5) is 31.1. The molecule has 0 atom stereocenters. The van der Waals surface area contributed by atoms with Gasteiger partial charge in [0, 0.05) is 5.56 Å². The molecule has 0 amide bonds. The summed E-state index contributed by atoms with van der Waals surface area (Å²) in [6.07, 6.45) is 1.83. The molecule has 2 rings (SSSR count). The normalized spacial score (nSPS) is 10.3. The first-order valence-corrected chi connectivity index (χ1v) is 6.48. The lowest BCUT2D eigenvalue weighted by Gasteiger charge is -2.06. The molecule has 0 saturated heterocycles. The zero-order valence-electron chi connectivity index (χ0n) is 10.1. The molecule has 0 aliphatic carbocycles. The highest BCUT2D eigenvalue weighted by Gasteiger charge is 2.22. The van der Waals surface area contributed by atoms with Gasteiger partial charge >= 0.3 is 5.97 Å². The number of thiophene rings is 1. The number of ether oxygens (including phenoxy) is 1. The van der Waals surface area contributed by atoms with Gasteiger partial charge in [-0.3, -0.25) is 4.79 Å². The van der Waals surface area contributed by atoms with Gasteiger partial charge in [0.05, 0.1) is 18.4 Å². The fourth-order valence-electron chi connectivity index (χ4n) is 1.66. The maximum absolute atomic E-state index is 11.7. The summed E-state index contributed by atoms with van der Waals surface area (Å²) in [5.41, 5.74) is 1.89. The van der Waals surface area contributed by atoms with Gasteiger partial charge in [-0.25, -0.2) is 14.8 Å². The van der Waals surface area contributed by atoms with Crippen LogP contribution in [0.1, 0.15) is 25.6 Å². The number of nitrogens with zero attached hydrogens (tertiary/aromatic N) is 2. The molecule has 0 aromatic carbocycles. The number of rotatable bonds is 3. The first-order chi connectivity index (χ1) is 9.10. The Morgan fingerprint density at radius 3 is 2.84 bits per heavy atom. The number of halogens is 1. The Balaban J connectivity index is 2.72. The first kappa shape index (κ1) is 13.6. The number of methoxy groups -OCH3 is 1. The van der Waals surface area contributed by atoms with Crippen molar-refractivity contribution in [3.8, 4) is 11.3 Å². The molecule has 7 heteroatoms. The topological polar surface area (TPSA) is 69.2 Å². The van der Waals surface area contributed by atoms with Gasteiger partial charge < -0.3 is 4.74 Å². The molecule has 19 heavy (non-hydrogen) atoms. The van der Waals surface area contributed by atoms with E-state index in [1.54, 1.807) is 5.38 Å². The monoisotopic (exact) mass is 296 g/mol.